The molecule has 0 fully saturated rings. The van der Waals surface area contributed by atoms with Crippen LogP contribution in [0.1, 0.15) is 25.0 Å². The minimum absolute atomic E-state index is 0.289. The van der Waals surface area contributed by atoms with Crippen molar-refractivity contribution in [2.24, 2.45) is 7.05 Å². The number of hydrogen-bond donors (Lipinski definition) is 2. The zero-order chi connectivity index (χ0) is 14.3. The molecule has 0 aliphatic heterocycles. The van der Waals surface area contributed by atoms with E-state index < -0.39 is 0 Å². The van der Waals surface area contributed by atoms with Crippen LogP contribution in [0.15, 0.2) is 24.4 Å². The van der Waals surface area contributed by atoms with Gasteiger partial charge in [-0.05, 0) is 36.1 Å². The molecule has 3 aromatic rings. The molecule has 0 aliphatic rings. The molecule has 20 heavy (non-hydrogen) atoms. The Bertz CT molecular complexity index is 767. The monoisotopic (exact) mass is 269 g/mol. The second-order valence-electron chi connectivity index (χ2n) is 5.11. The van der Waals surface area contributed by atoms with E-state index >= 15 is 0 Å². The van der Waals surface area contributed by atoms with Crippen LogP contribution in [0.4, 0.5) is 0 Å². The lowest BCUT2D eigenvalue weighted by Gasteiger charge is -2.00. The standard InChI is InChI=1S/C16H19N3O/c1-4-10-8-13(19(3)9-10)16-17-12-7-6-11(5-2)15(20)14(12)18-16/h6-9,20H,4-5H2,1-3H3,(H,17,18). The lowest BCUT2D eigenvalue weighted by Crippen LogP contribution is -1.90. The third kappa shape index (κ3) is 1.88. The number of nitrogens with one attached hydrogen (secondary N) is 1. The molecule has 2 aromatic heterocycles. The van der Waals surface area contributed by atoms with Gasteiger partial charge in [0.25, 0.3) is 0 Å². The quantitative estimate of drug-likeness (QED) is 0.765. The molecule has 0 amide bonds. The maximum Gasteiger partial charge on any atom is 0.155 e. The maximum absolute atomic E-state index is 10.2. The summed E-state index contributed by atoms with van der Waals surface area (Å²) < 4.78 is 2.06. The summed E-state index contributed by atoms with van der Waals surface area (Å²) >= 11 is 0. The highest BCUT2D eigenvalue weighted by molar-refractivity contribution is 5.85. The number of benzene rings is 1. The molecule has 0 radical (unpaired) electrons. The Morgan fingerprint density at radius 1 is 1.25 bits per heavy atom. The fourth-order valence-corrected chi connectivity index (χ4v) is 2.57. The summed E-state index contributed by atoms with van der Waals surface area (Å²) in [5.41, 5.74) is 4.76. The second-order valence-corrected chi connectivity index (χ2v) is 5.11. The molecule has 2 N–H and O–H groups in total. The Kier molecular flexibility index (Phi) is 3.01. The minimum atomic E-state index is 0.289. The second kappa shape index (κ2) is 4.71. The molecule has 104 valence electrons. The first-order chi connectivity index (χ1) is 9.63. The molecule has 4 nitrogen and oxygen atoms in total. The molecule has 2 heterocycles. The van der Waals surface area contributed by atoms with E-state index in [0.29, 0.717) is 5.52 Å². The molecule has 0 saturated carbocycles. The molecule has 1 aromatic carbocycles. The minimum Gasteiger partial charge on any atom is -0.505 e. The number of aromatic nitrogens is 3. The van der Waals surface area contributed by atoms with E-state index in [1.165, 1.54) is 5.56 Å². The van der Waals surface area contributed by atoms with Crippen molar-refractivity contribution >= 4 is 11.0 Å². The van der Waals surface area contributed by atoms with Gasteiger partial charge >= 0.3 is 0 Å². The smallest absolute Gasteiger partial charge is 0.155 e. The number of aryl methyl sites for hydroxylation is 3. The average molecular weight is 269 g/mol. The molecular weight excluding hydrogens is 250 g/mol. The lowest BCUT2D eigenvalue weighted by atomic mass is 10.1. The number of phenolic OH excluding ortho intramolecular Hbond substituents is 1. The molecule has 0 spiro atoms. The topological polar surface area (TPSA) is 53.8 Å². The number of nitrogens with zero attached hydrogens (tertiary/aromatic N) is 2. The number of aromatic hydroxyl groups is 1. The van der Waals surface area contributed by atoms with E-state index in [9.17, 15) is 5.11 Å². The van der Waals surface area contributed by atoms with Crippen LogP contribution in [-0.4, -0.2) is 19.6 Å². The normalized spacial score (nSPS) is 11.3. The first-order valence-corrected chi connectivity index (χ1v) is 7.00. The number of imidazole rings is 1. The fourth-order valence-electron chi connectivity index (χ4n) is 2.57. The molecule has 0 bridgehead atoms. The van der Waals surface area contributed by atoms with Crippen molar-refractivity contribution in [2.45, 2.75) is 26.7 Å². The molecular formula is C16H19N3O. The summed E-state index contributed by atoms with van der Waals surface area (Å²) in [6, 6.07) is 6.06. The van der Waals surface area contributed by atoms with E-state index in [1.807, 2.05) is 26.1 Å². The van der Waals surface area contributed by atoms with Crippen LogP contribution < -0.4 is 0 Å². The van der Waals surface area contributed by atoms with Crippen LogP contribution in [0.5, 0.6) is 5.75 Å². The molecule has 0 unspecified atom stereocenters. The van der Waals surface area contributed by atoms with Crippen molar-refractivity contribution in [3.05, 3.63) is 35.5 Å². The molecule has 0 atom stereocenters. The van der Waals surface area contributed by atoms with Crippen LogP contribution in [0.2, 0.25) is 0 Å². The largest absolute Gasteiger partial charge is 0.505 e. The highest BCUT2D eigenvalue weighted by atomic mass is 16.3. The Labute approximate surface area is 118 Å². The first kappa shape index (κ1) is 12.8. The van der Waals surface area contributed by atoms with Crippen LogP contribution in [0.3, 0.4) is 0 Å². The number of rotatable bonds is 3. The van der Waals surface area contributed by atoms with Crippen molar-refractivity contribution in [1.29, 1.82) is 0 Å². The van der Waals surface area contributed by atoms with Gasteiger partial charge in [-0.15, -0.1) is 0 Å². The van der Waals surface area contributed by atoms with Crippen molar-refractivity contribution in [3.8, 4) is 17.3 Å². The molecule has 0 saturated heterocycles. The lowest BCUT2D eigenvalue weighted by molar-refractivity contribution is 0.474. The zero-order valence-corrected chi connectivity index (χ0v) is 12.1. The van der Waals surface area contributed by atoms with Gasteiger partial charge in [-0.2, -0.15) is 0 Å². The predicted octanol–water partition coefficient (Wildman–Crippen LogP) is 3.40. The van der Waals surface area contributed by atoms with Gasteiger partial charge in [0.2, 0.25) is 0 Å². The first-order valence-electron chi connectivity index (χ1n) is 7.00. The SMILES string of the molecule is CCc1cc(-c2nc3c(O)c(CC)ccc3[nH]2)n(C)c1. The highest BCUT2D eigenvalue weighted by Crippen LogP contribution is 2.30. The molecule has 0 aliphatic carbocycles. The number of H-pyrrole nitrogens is 1. The fraction of sp³-hybridized carbons (Fsp3) is 0.312. The van der Waals surface area contributed by atoms with Gasteiger partial charge in [0.05, 0.1) is 11.2 Å². The van der Waals surface area contributed by atoms with Crippen molar-refractivity contribution in [3.63, 3.8) is 0 Å². The summed E-state index contributed by atoms with van der Waals surface area (Å²) in [6.07, 6.45) is 3.91. The van der Waals surface area contributed by atoms with E-state index in [2.05, 4.69) is 33.7 Å². The third-order valence-electron chi connectivity index (χ3n) is 3.80. The van der Waals surface area contributed by atoms with Crippen LogP contribution in [-0.2, 0) is 19.9 Å². The Morgan fingerprint density at radius 2 is 2.05 bits per heavy atom. The van der Waals surface area contributed by atoms with Crippen molar-refractivity contribution < 1.29 is 5.11 Å². The van der Waals surface area contributed by atoms with Crippen LogP contribution in [0, 0.1) is 0 Å². The summed E-state index contributed by atoms with van der Waals surface area (Å²) in [6.45, 7) is 4.16. The third-order valence-corrected chi connectivity index (χ3v) is 3.80. The van der Waals surface area contributed by atoms with E-state index in [0.717, 1.165) is 35.4 Å². The average Bonchev–Trinajstić information content (AvgIpc) is 3.02. The van der Waals surface area contributed by atoms with E-state index in [1.54, 1.807) is 0 Å². The van der Waals surface area contributed by atoms with Gasteiger partial charge in [-0.1, -0.05) is 19.9 Å². The van der Waals surface area contributed by atoms with Gasteiger partial charge in [0, 0.05) is 13.2 Å². The summed E-state index contributed by atoms with van der Waals surface area (Å²) in [5.74, 6) is 1.09. The number of fused-ring (bicyclic) bond motifs is 1. The van der Waals surface area contributed by atoms with Gasteiger partial charge in [0.15, 0.2) is 5.82 Å². The number of phenols is 1. The Morgan fingerprint density at radius 3 is 2.70 bits per heavy atom. The number of aromatic amines is 1. The molecule has 4 heteroatoms. The van der Waals surface area contributed by atoms with Gasteiger partial charge < -0.3 is 14.7 Å². The molecule has 3 rings (SSSR count). The summed E-state index contributed by atoms with van der Waals surface area (Å²) in [5, 5.41) is 10.2. The maximum atomic E-state index is 10.2. The number of hydrogen-bond acceptors (Lipinski definition) is 2. The van der Waals surface area contributed by atoms with Crippen molar-refractivity contribution in [1.82, 2.24) is 14.5 Å². The van der Waals surface area contributed by atoms with Crippen molar-refractivity contribution in [2.75, 3.05) is 0 Å². The van der Waals surface area contributed by atoms with Gasteiger partial charge in [-0.3, -0.25) is 0 Å². The van der Waals surface area contributed by atoms with Gasteiger partial charge in [0.1, 0.15) is 11.3 Å². The Hall–Kier alpha value is -2.23. The zero-order valence-electron chi connectivity index (χ0n) is 12.1. The Balaban J connectivity index is 2.17. The van der Waals surface area contributed by atoms with Crippen LogP contribution in [0.25, 0.3) is 22.6 Å². The van der Waals surface area contributed by atoms with E-state index in [4.69, 9.17) is 0 Å². The summed E-state index contributed by atoms with van der Waals surface area (Å²) in [4.78, 5) is 7.86. The summed E-state index contributed by atoms with van der Waals surface area (Å²) in [7, 11) is 2.01. The van der Waals surface area contributed by atoms with E-state index in [-0.39, 0.29) is 5.75 Å². The van der Waals surface area contributed by atoms with Gasteiger partial charge in [-0.25, -0.2) is 4.98 Å². The van der Waals surface area contributed by atoms with Crippen LogP contribution >= 0.6 is 0 Å². The highest BCUT2D eigenvalue weighted by Gasteiger charge is 2.13. The predicted molar refractivity (Wildman–Crippen MR) is 80.9 cm³/mol.